The number of nitrogens with zero attached hydrogens (tertiary/aromatic N) is 3. The number of fused-ring (bicyclic) bond motifs is 2. The summed E-state index contributed by atoms with van der Waals surface area (Å²) in [4.78, 5) is 22.6. The van der Waals surface area contributed by atoms with Crippen molar-refractivity contribution in [1.29, 1.82) is 0 Å². The van der Waals surface area contributed by atoms with E-state index in [0.29, 0.717) is 35.1 Å². The van der Waals surface area contributed by atoms with Crippen molar-refractivity contribution in [2.24, 2.45) is 11.8 Å². The number of piperidine rings is 1. The van der Waals surface area contributed by atoms with Gasteiger partial charge in [0.05, 0.1) is 35.1 Å². The lowest BCUT2D eigenvalue weighted by atomic mass is 9.84. The fourth-order valence-corrected chi connectivity index (χ4v) is 5.99. The number of aryl methyl sites for hydroxylation is 1. The van der Waals surface area contributed by atoms with E-state index >= 15 is 0 Å². The van der Waals surface area contributed by atoms with Crippen molar-refractivity contribution < 1.29 is 19.0 Å². The quantitative estimate of drug-likeness (QED) is 0.378. The normalized spacial score (nSPS) is 17.5. The molecular weight excluding hydrogens is 515 g/mol. The van der Waals surface area contributed by atoms with Gasteiger partial charge in [0.2, 0.25) is 5.91 Å². The van der Waals surface area contributed by atoms with Crippen LogP contribution in [0.15, 0.2) is 41.4 Å². The van der Waals surface area contributed by atoms with E-state index in [1.165, 1.54) is 37.1 Å². The van der Waals surface area contributed by atoms with E-state index in [4.69, 9.17) is 4.74 Å². The van der Waals surface area contributed by atoms with E-state index < -0.39 is 6.10 Å². The molecule has 1 saturated heterocycles. The van der Waals surface area contributed by atoms with Crippen molar-refractivity contribution >= 4 is 34.4 Å². The second-order valence-corrected chi connectivity index (χ2v) is 11.3. The van der Waals surface area contributed by atoms with E-state index in [-0.39, 0.29) is 11.7 Å². The number of hydrogen-bond acceptors (Lipinski definition) is 7. The molecule has 7 nitrogen and oxygen atoms in total. The first-order valence-electron chi connectivity index (χ1n) is 13.8. The number of β-amino-alcohol motifs (C(OH)–C–C–N with tert-alkyl or cyclic N) is 1. The van der Waals surface area contributed by atoms with E-state index in [0.717, 1.165) is 47.1 Å². The number of carbonyl (C=O) groups is 1. The number of aliphatic hydroxyl groups is 1. The van der Waals surface area contributed by atoms with Gasteiger partial charge in [0.1, 0.15) is 17.4 Å². The van der Waals surface area contributed by atoms with Gasteiger partial charge in [-0.3, -0.25) is 9.78 Å². The average Bonchev–Trinajstić information content (AvgIpc) is 2.96. The number of ether oxygens (including phenoxy) is 1. The van der Waals surface area contributed by atoms with Crippen LogP contribution in [-0.4, -0.2) is 58.4 Å². The highest BCUT2D eigenvalue weighted by Crippen LogP contribution is 2.32. The summed E-state index contributed by atoms with van der Waals surface area (Å²) < 4.78 is 18.6. The lowest BCUT2D eigenvalue weighted by molar-refractivity contribution is -0.113. The smallest absolute Gasteiger partial charge is 0.235 e. The van der Waals surface area contributed by atoms with Crippen LogP contribution >= 0.6 is 11.8 Å². The molecule has 2 aliphatic rings. The summed E-state index contributed by atoms with van der Waals surface area (Å²) in [6.07, 6.45) is 5.55. The molecule has 2 aliphatic heterocycles. The van der Waals surface area contributed by atoms with Crippen molar-refractivity contribution in [3.8, 4) is 5.75 Å². The first-order chi connectivity index (χ1) is 18.8. The molecule has 3 aromatic rings. The molecule has 0 bridgehead atoms. The van der Waals surface area contributed by atoms with E-state index in [1.54, 1.807) is 13.3 Å². The number of hydrogen-bond donors (Lipinski definition) is 2. The molecule has 1 aromatic carbocycles. The summed E-state index contributed by atoms with van der Waals surface area (Å²) in [6.45, 7) is 9.32. The van der Waals surface area contributed by atoms with Crippen molar-refractivity contribution in [2.75, 3.05) is 37.8 Å². The lowest BCUT2D eigenvalue weighted by Crippen LogP contribution is -2.38. The Morgan fingerprint density at radius 2 is 2.00 bits per heavy atom. The van der Waals surface area contributed by atoms with Crippen LogP contribution in [0.5, 0.6) is 5.75 Å². The van der Waals surface area contributed by atoms with Crippen LogP contribution in [0.4, 0.5) is 10.2 Å². The Morgan fingerprint density at radius 3 is 2.69 bits per heavy atom. The summed E-state index contributed by atoms with van der Waals surface area (Å²) in [6, 6.07) is 9.19. The number of likely N-dealkylation sites (tertiary alicyclic amines) is 1. The Bertz CT molecular complexity index is 1280. The van der Waals surface area contributed by atoms with E-state index in [2.05, 4.69) is 34.0 Å². The number of carbonyl (C=O) groups excluding carboxylic acids is 1. The van der Waals surface area contributed by atoms with Gasteiger partial charge in [-0.2, -0.15) is 0 Å². The molecule has 2 atom stereocenters. The maximum Gasteiger partial charge on any atom is 0.235 e. The first kappa shape index (κ1) is 29.2. The topological polar surface area (TPSA) is 87.6 Å². The van der Waals surface area contributed by atoms with Gasteiger partial charge in [-0.05, 0) is 80.1 Å². The molecule has 210 valence electrons. The number of aromatic nitrogens is 2. The largest absolute Gasteiger partial charge is 0.497 e. The third kappa shape index (κ3) is 7.26. The summed E-state index contributed by atoms with van der Waals surface area (Å²) >= 11 is 1.32. The number of thioether (sulfide) groups is 1. The predicted molar refractivity (Wildman–Crippen MR) is 155 cm³/mol. The fraction of sp³-hybridized carbons (Fsp3) is 0.500. The fourth-order valence-electron chi connectivity index (χ4n) is 5.21. The molecule has 39 heavy (non-hydrogen) atoms. The first-order valence-corrected chi connectivity index (χ1v) is 14.8. The van der Waals surface area contributed by atoms with Crippen molar-refractivity contribution in [1.82, 2.24) is 14.9 Å². The molecular formula is C30H39FN4O3S. The van der Waals surface area contributed by atoms with Crippen molar-refractivity contribution in [3.63, 3.8) is 0 Å². The summed E-state index contributed by atoms with van der Waals surface area (Å²) in [7, 11) is 1.66. The maximum absolute atomic E-state index is 13.3. The molecule has 1 fully saturated rings. The van der Waals surface area contributed by atoms with Crippen molar-refractivity contribution in [3.05, 3.63) is 53.6 Å². The third-order valence-electron chi connectivity index (χ3n) is 7.82. The van der Waals surface area contributed by atoms with Crippen LogP contribution in [0, 0.1) is 17.7 Å². The van der Waals surface area contributed by atoms with Crippen LogP contribution in [0.25, 0.3) is 10.9 Å². The number of halogens is 1. The molecule has 9 heteroatoms. The molecule has 2 aromatic heterocycles. The second kappa shape index (κ2) is 13.5. The number of methoxy groups -OCH3 is 1. The SMILES string of the molecule is CC[C@@H](C)C1CCN(CC(O)c2ccnc3ccc(OC)cc23)CC1.CCc1nc2c(cc1F)SCC(=O)N2. The van der Waals surface area contributed by atoms with Crippen LogP contribution < -0.4 is 10.1 Å². The summed E-state index contributed by atoms with van der Waals surface area (Å²) in [5, 5.41) is 14.4. The molecule has 0 radical (unpaired) electrons. The van der Waals surface area contributed by atoms with Gasteiger partial charge in [-0.25, -0.2) is 9.37 Å². The van der Waals surface area contributed by atoms with Gasteiger partial charge in [0.15, 0.2) is 0 Å². The van der Waals surface area contributed by atoms with Gasteiger partial charge in [0.25, 0.3) is 0 Å². The molecule has 1 amide bonds. The van der Waals surface area contributed by atoms with E-state index in [9.17, 15) is 14.3 Å². The van der Waals surface area contributed by atoms with Gasteiger partial charge < -0.3 is 20.1 Å². The zero-order valence-electron chi connectivity index (χ0n) is 23.2. The zero-order valence-corrected chi connectivity index (χ0v) is 24.1. The number of nitrogens with one attached hydrogen (secondary N) is 1. The van der Waals surface area contributed by atoms with Gasteiger partial charge in [0, 0.05) is 18.1 Å². The summed E-state index contributed by atoms with van der Waals surface area (Å²) in [5.74, 6) is 2.89. The Balaban J connectivity index is 0.000000212. The van der Waals surface area contributed by atoms with Gasteiger partial charge in [-0.1, -0.05) is 27.2 Å². The predicted octanol–water partition coefficient (Wildman–Crippen LogP) is 5.86. The number of amides is 1. The number of benzene rings is 1. The lowest BCUT2D eigenvalue weighted by Gasteiger charge is -2.35. The second-order valence-electron chi connectivity index (χ2n) is 10.3. The number of anilines is 1. The van der Waals surface area contributed by atoms with Gasteiger partial charge in [-0.15, -0.1) is 11.8 Å². The van der Waals surface area contributed by atoms with Crippen molar-refractivity contribution in [2.45, 2.75) is 57.5 Å². The Morgan fingerprint density at radius 1 is 1.23 bits per heavy atom. The minimum absolute atomic E-state index is 0.0799. The standard InChI is InChI=1S/C21H30N2O2.C9H9FN2OS/c1-4-15(2)16-8-11-23(12-9-16)14-21(24)18-7-10-22-20-6-5-17(25-3)13-19(18)20;1-2-6-5(10)3-7-9(11-6)12-8(13)4-14-7/h5-7,10,13,15-16,21,24H,4,8-9,11-12,14H2,1-3H3;3H,2,4H2,1H3,(H,11,12,13)/t15-,21?;/m1./s1. The maximum atomic E-state index is 13.3. The molecule has 4 heterocycles. The highest BCUT2D eigenvalue weighted by molar-refractivity contribution is 8.00. The molecule has 2 N–H and O–H groups in total. The monoisotopic (exact) mass is 554 g/mol. The number of aliphatic hydroxyl groups excluding tert-OH is 1. The Kier molecular flexibility index (Phi) is 10.2. The summed E-state index contributed by atoms with van der Waals surface area (Å²) in [5.41, 5.74) is 2.23. The minimum Gasteiger partial charge on any atom is -0.497 e. The molecule has 0 saturated carbocycles. The average molecular weight is 555 g/mol. The highest BCUT2D eigenvalue weighted by atomic mass is 32.2. The molecule has 5 rings (SSSR count). The number of pyridine rings is 2. The number of rotatable bonds is 7. The zero-order chi connectivity index (χ0) is 27.9. The van der Waals surface area contributed by atoms with Crippen LogP contribution in [-0.2, 0) is 11.2 Å². The van der Waals surface area contributed by atoms with Crippen LogP contribution in [0.1, 0.15) is 57.4 Å². The Labute approximate surface area is 234 Å². The van der Waals surface area contributed by atoms with Crippen LogP contribution in [0.2, 0.25) is 0 Å². The molecule has 0 spiro atoms. The van der Waals surface area contributed by atoms with Crippen LogP contribution in [0.3, 0.4) is 0 Å². The van der Waals surface area contributed by atoms with Gasteiger partial charge >= 0.3 is 0 Å². The molecule has 0 aliphatic carbocycles. The molecule has 1 unspecified atom stereocenters. The third-order valence-corrected chi connectivity index (χ3v) is 8.85. The highest BCUT2D eigenvalue weighted by Gasteiger charge is 2.25. The Hall–Kier alpha value is -2.75. The minimum atomic E-state index is -0.502. The van der Waals surface area contributed by atoms with E-state index in [1.807, 2.05) is 31.2 Å².